The van der Waals surface area contributed by atoms with Crippen molar-refractivity contribution in [3.05, 3.63) is 29.6 Å². The zero-order valence-corrected chi connectivity index (χ0v) is 10.5. The monoisotopic (exact) mass is 274 g/mol. The third-order valence-corrected chi connectivity index (χ3v) is 2.38. The lowest BCUT2D eigenvalue weighted by molar-refractivity contribution is -0.156. The third-order valence-electron chi connectivity index (χ3n) is 2.38. The second-order valence-corrected chi connectivity index (χ2v) is 3.65. The number of hydrogen-bond donors (Lipinski definition) is 2. The van der Waals surface area contributed by atoms with Crippen LogP contribution in [0.3, 0.4) is 0 Å². The van der Waals surface area contributed by atoms with E-state index in [0.29, 0.717) is 0 Å². The minimum Gasteiger partial charge on any atom is -0.467 e. The molecule has 0 fully saturated rings. The van der Waals surface area contributed by atoms with E-state index >= 15 is 0 Å². The van der Waals surface area contributed by atoms with Crippen LogP contribution in [0, 0.1) is 5.82 Å². The first-order chi connectivity index (χ1) is 9.01. The van der Waals surface area contributed by atoms with Crippen LogP contribution >= 0.6 is 0 Å². The molecule has 0 bridgehead atoms. The molecule has 19 heavy (non-hydrogen) atoms. The normalized spacial score (nSPS) is 13.7. The minimum absolute atomic E-state index is 0.0495. The highest BCUT2D eigenvalue weighted by atomic mass is 19.1. The Morgan fingerprint density at radius 2 is 2.05 bits per heavy atom. The van der Waals surface area contributed by atoms with Crippen LogP contribution in [0.4, 0.5) is 4.39 Å². The van der Waals surface area contributed by atoms with Gasteiger partial charge < -0.3 is 24.4 Å². The molecule has 1 aromatic rings. The molecule has 0 radical (unpaired) electrons. The van der Waals surface area contributed by atoms with Gasteiger partial charge in [-0.3, -0.25) is 0 Å². The van der Waals surface area contributed by atoms with E-state index in [0.717, 1.165) is 13.2 Å². The zero-order chi connectivity index (χ0) is 14.4. The topological polar surface area (TPSA) is 85.2 Å². The predicted octanol–water partition coefficient (Wildman–Crippen LogP) is 0.376. The molecule has 0 aliphatic carbocycles. The quantitative estimate of drug-likeness (QED) is 0.576. The van der Waals surface area contributed by atoms with Gasteiger partial charge in [-0.25, -0.2) is 9.18 Å². The standard InChI is InChI=1S/C12H15FO6/c1-17-6-19-7-3-4-8(9(13)5-7)10(14)11(15)12(16)18-2/h3-5,10-11,14-15H,6H2,1-2H3. The summed E-state index contributed by atoms with van der Waals surface area (Å²) in [7, 11) is 2.47. The van der Waals surface area contributed by atoms with Gasteiger partial charge in [-0.1, -0.05) is 0 Å². The Balaban J connectivity index is 2.86. The van der Waals surface area contributed by atoms with E-state index in [1.165, 1.54) is 19.2 Å². The fourth-order valence-electron chi connectivity index (χ4n) is 1.38. The van der Waals surface area contributed by atoms with Crippen LogP contribution in [0.5, 0.6) is 5.75 Å². The molecule has 0 saturated carbocycles. The van der Waals surface area contributed by atoms with E-state index in [2.05, 4.69) is 9.47 Å². The Kier molecular flexibility index (Phi) is 5.68. The summed E-state index contributed by atoms with van der Waals surface area (Å²) in [4.78, 5) is 11.1. The molecule has 1 rings (SSSR count). The highest BCUT2D eigenvalue weighted by molar-refractivity contribution is 5.75. The van der Waals surface area contributed by atoms with Crippen molar-refractivity contribution in [3.8, 4) is 5.75 Å². The van der Waals surface area contributed by atoms with Crippen LogP contribution in [-0.4, -0.2) is 43.3 Å². The van der Waals surface area contributed by atoms with Gasteiger partial charge in [-0.15, -0.1) is 0 Å². The van der Waals surface area contributed by atoms with Gasteiger partial charge in [-0.05, 0) is 12.1 Å². The van der Waals surface area contributed by atoms with E-state index in [-0.39, 0.29) is 18.1 Å². The Morgan fingerprint density at radius 1 is 1.37 bits per heavy atom. The molecule has 2 atom stereocenters. The minimum atomic E-state index is -1.86. The molecule has 106 valence electrons. The summed E-state index contributed by atoms with van der Waals surface area (Å²) in [5.74, 6) is -1.67. The summed E-state index contributed by atoms with van der Waals surface area (Å²) in [5, 5.41) is 19.1. The van der Waals surface area contributed by atoms with Crippen LogP contribution in [-0.2, 0) is 14.3 Å². The third kappa shape index (κ3) is 3.88. The number of methoxy groups -OCH3 is 2. The maximum absolute atomic E-state index is 13.7. The number of hydrogen-bond acceptors (Lipinski definition) is 6. The smallest absolute Gasteiger partial charge is 0.337 e. The van der Waals surface area contributed by atoms with Crippen LogP contribution in [0.25, 0.3) is 0 Å². The van der Waals surface area contributed by atoms with Gasteiger partial charge in [-0.2, -0.15) is 0 Å². The van der Waals surface area contributed by atoms with Crippen molar-refractivity contribution in [2.75, 3.05) is 21.0 Å². The Hall–Kier alpha value is -1.70. The summed E-state index contributed by atoms with van der Waals surface area (Å²) in [6.07, 6.45) is -3.57. The molecule has 0 heterocycles. The van der Waals surface area contributed by atoms with Crippen molar-refractivity contribution in [2.45, 2.75) is 12.2 Å². The number of aliphatic hydroxyl groups is 2. The van der Waals surface area contributed by atoms with Crippen molar-refractivity contribution < 1.29 is 33.6 Å². The maximum atomic E-state index is 13.7. The average molecular weight is 274 g/mol. The van der Waals surface area contributed by atoms with Crippen molar-refractivity contribution in [2.24, 2.45) is 0 Å². The summed E-state index contributed by atoms with van der Waals surface area (Å²) >= 11 is 0. The molecule has 0 aliphatic heterocycles. The molecular formula is C12H15FO6. The molecular weight excluding hydrogens is 259 g/mol. The van der Waals surface area contributed by atoms with Gasteiger partial charge in [0.05, 0.1) is 7.11 Å². The molecule has 6 nitrogen and oxygen atoms in total. The van der Waals surface area contributed by atoms with E-state index in [1.807, 2.05) is 0 Å². The van der Waals surface area contributed by atoms with Crippen LogP contribution in [0.15, 0.2) is 18.2 Å². The van der Waals surface area contributed by atoms with Crippen molar-refractivity contribution in [1.82, 2.24) is 0 Å². The summed E-state index contributed by atoms with van der Waals surface area (Å²) in [6, 6.07) is 3.60. The van der Waals surface area contributed by atoms with Gasteiger partial charge in [0.1, 0.15) is 17.7 Å². The SMILES string of the molecule is COCOc1ccc(C(O)C(O)C(=O)OC)c(F)c1. The number of carbonyl (C=O) groups is 1. The second kappa shape index (κ2) is 7.03. The summed E-state index contributed by atoms with van der Waals surface area (Å²) < 4.78 is 27.6. The fourth-order valence-corrected chi connectivity index (χ4v) is 1.38. The number of carbonyl (C=O) groups excluding carboxylic acids is 1. The summed E-state index contributed by atoms with van der Waals surface area (Å²) in [5.41, 5.74) is -0.234. The lowest BCUT2D eigenvalue weighted by Gasteiger charge is -2.17. The first-order valence-electron chi connectivity index (χ1n) is 5.36. The van der Waals surface area contributed by atoms with Crippen LogP contribution < -0.4 is 4.74 Å². The van der Waals surface area contributed by atoms with Gasteiger partial charge in [0, 0.05) is 18.7 Å². The number of esters is 1. The second-order valence-electron chi connectivity index (χ2n) is 3.65. The van der Waals surface area contributed by atoms with Crippen LogP contribution in [0.2, 0.25) is 0 Å². The molecule has 1 aromatic carbocycles. The van der Waals surface area contributed by atoms with Gasteiger partial charge >= 0.3 is 5.97 Å². The van der Waals surface area contributed by atoms with Crippen LogP contribution in [0.1, 0.15) is 11.7 Å². The largest absolute Gasteiger partial charge is 0.467 e. The lowest BCUT2D eigenvalue weighted by Crippen LogP contribution is -2.29. The molecule has 7 heteroatoms. The number of ether oxygens (including phenoxy) is 3. The number of halogens is 1. The fraction of sp³-hybridized carbons (Fsp3) is 0.417. The first-order valence-corrected chi connectivity index (χ1v) is 5.36. The molecule has 0 aliphatic rings. The highest BCUT2D eigenvalue weighted by Crippen LogP contribution is 2.24. The molecule has 0 spiro atoms. The van der Waals surface area contributed by atoms with Gasteiger partial charge in [0.2, 0.25) is 0 Å². The average Bonchev–Trinajstić information content (AvgIpc) is 2.42. The molecule has 2 N–H and O–H groups in total. The Morgan fingerprint density at radius 3 is 2.58 bits per heavy atom. The van der Waals surface area contributed by atoms with Gasteiger partial charge in [0.25, 0.3) is 0 Å². The Labute approximate surface area is 109 Å². The summed E-state index contributed by atoms with van der Waals surface area (Å²) in [6.45, 7) is -0.0495. The highest BCUT2D eigenvalue weighted by Gasteiger charge is 2.28. The molecule has 0 aromatic heterocycles. The predicted molar refractivity (Wildman–Crippen MR) is 61.9 cm³/mol. The van der Waals surface area contributed by atoms with E-state index in [4.69, 9.17) is 4.74 Å². The van der Waals surface area contributed by atoms with Gasteiger partial charge in [0.15, 0.2) is 12.9 Å². The Bertz CT molecular complexity index is 436. The van der Waals surface area contributed by atoms with E-state index < -0.39 is 24.0 Å². The first kappa shape index (κ1) is 15.4. The number of benzene rings is 1. The van der Waals surface area contributed by atoms with Crippen molar-refractivity contribution in [1.29, 1.82) is 0 Å². The number of rotatable bonds is 6. The van der Waals surface area contributed by atoms with E-state index in [9.17, 15) is 19.4 Å². The molecule has 0 saturated heterocycles. The van der Waals surface area contributed by atoms with E-state index in [1.54, 1.807) is 0 Å². The lowest BCUT2D eigenvalue weighted by atomic mass is 10.0. The number of aliphatic hydroxyl groups excluding tert-OH is 2. The maximum Gasteiger partial charge on any atom is 0.337 e. The van der Waals surface area contributed by atoms with Crippen molar-refractivity contribution >= 4 is 5.97 Å². The molecule has 0 amide bonds. The molecule has 2 unspecified atom stereocenters. The van der Waals surface area contributed by atoms with Crippen molar-refractivity contribution in [3.63, 3.8) is 0 Å². The zero-order valence-electron chi connectivity index (χ0n) is 10.5.